The number of thioether (sulfide) groups is 1. The Bertz CT molecular complexity index is 784. The van der Waals surface area contributed by atoms with E-state index in [1.807, 2.05) is 48.5 Å². The number of nitrogens with one attached hydrogen (secondary N) is 1. The number of benzene rings is 2. The van der Waals surface area contributed by atoms with E-state index in [2.05, 4.69) is 10.3 Å². The monoisotopic (exact) mass is 344 g/mol. The lowest BCUT2D eigenvalue weighted by Crippen LogP contribution is -2.24. The molecule has 0 radical (unpaired) electrons. The Labute approximate surface area is 142 Å². The molecule has 1 aromatic heterocycles. The largest absolute Gasteiger partial charge is 0.497 e. The number of carbonyl (C=O) groups excluding carboxylic acids is 1. The van der Waals surface area contributed by atoms with Gasteiger partial charge in [-0.25, -0.2) is 4.98 Å². The van der Waals surface area contributed by atoms with Gasteiger partial charge >= 0.3 is 0 Å². The number of ether oxygens (including phenoxy) is 1. The van der Waals surface area contributed by atoms with Crippen LogP contribution in [0.5, 0.6) is 5.75 Å². The molecule has 1 amide bonds. The quantitative estimate of drug-likeness (QED) is 0.693. The molecule has 3 rings (SSSR count). The van der Waals surface area contributed by atoms with Gasteiger partial charge in [0, 0.05) is 6.54 Å². The summed E-state index contributed by atoms with van der Waals surface area (Å²) in [6, 6.07) is 15.7. The molecule has 0 saturated heterocycles. The van der Waals surface area contributed by atoms with Crippen molar-refractivity contribution in [1.82, 2.24) is 10.3 Å². The van der Waals surface area contributed by atoms with Gasteiger partial charge in [0.05, 0.1) is 23.1 Å². The molecule has 0 aliphatic carbocycles. The van der Waals surface area contributed by atoms with Crippen molar-refractivity contribution in [2.45, 2.75) is 10.9 Å². The number of fused-ring (bicyclic) bond motifs is 1. The topological polar surface area (TPSA) is 51.2 Å². The molecule has 0 aliphatic rings. The number of amides is 1. The summed E-state index contributed by atoms with van der Waals surface area (Å²) in [5.41, 5.74) is 2.00. The molecule has 3 aromatic rings. The summed E-state index contributed by atoms with van der Waals surface area (Å²) in [6.45, 7) is 0.496. The van der Waals surface area contributed by atoms with Crippen LogP contribution in [0, 0.1) is 0 Å². The highest BCUT2D eigenvalue weighted by Crippen LogP contribution is 2.29. The Balaban J connectivity index is 1.51. The van der Waals surface area contributed by atoms with Crippen molar-refractivity contribution in [3.8, 4) is 5.75 Å². The number of thiazole rings is 1. The molecule has 118 valence electrons. The SMILES string of the molecule is COc1cccc(CNC(=O)CSc2nc3ccccc3s2)c1. The van der Waals surface area contributed by atoms with E-state index in [-0.39, 0.29) is 5.91 Å². The predicted octanol–water partition coefficient (Wildman–Crippen LogP) is 3.71. The Morgan fingerprint density at radius 3 is 2.96 bits per heavy atom. The van der Waals surface area contributed by atoms with Crippen molar-refractivity contribution in [2.24, 2.45) is 0 Å². The molecule has 0 fully saturated rings. The second-order valence-electron chi connectivity index (χ2n) is 4.86. The highest BCUT2D eigenvalue weighted by atomic mass is 32.2. The number of methoxy groups -OCH3 is 1. The van der Waals surface area contributed by atoms with Crippen molar-refractivity contribution < 1.29 is 9.53 Å². The predicted molar refractivity (Wildman–Crippen MR) is 95.2 cm³/mol. The van der Waals surface area contributed by atoms with Crippen LogP contribution >= 0.6 is 23.1 Å². The van der Waals surface area contributed by atoms with E-state index in [0.717, 1.165) is 25.9 Å². The van der Waals surface area contributed by atoms with Gasteiger partial charge in [0.25, 0.3) is 0 Å². The highest BCUT2D eigenvalue weighted by Gasteiger charge is 2.07. The van der Waals surface area contributed by atoms with Gasteiger partial charge in [-0.05, 0) is 29.8 Å². The molecule has 0 spiro atoms. The van der Waals surface area contributed by atoms with Gasteiger partial charge in [-0.2, -0.15) is 0 Å². The van der Waals surface area contributed by atoms with E-state index in [4.69, 9.17) is 4.74 Å². The van der Waals surface area contributed by atoms with Crippen molar-refractivity contribution >= 4 is 39.2 Å². The molecule has 4 nitrogen and oxygen atoms in total. The molecule has 0 unspecified atom stereocenters. The van der Waals surface area contributed by atoms with Crippen LogP contribution in [0.3, 0.4) is 0 Å². The van der Waals surface area contributed by atoms with Gasteiger partial charge in [-0.3, -0.25) is 4.79 Å². The van der Waals surface area contributed by atoms with Gasteiger partial charge in [0.1, 0.15) is 5.75 Å². The summed E-state index contributed by atoms with van der Waals surface area (Å²) in [4.78, 5) is 16.5. The van der Waals surface area contributed by atoms with E-state index in [1.165, 1.54) is 11.8 Å². The van der Waals surface area contributed by atoms with Crippen LogP contribution in [0.4, 0.5) is 0 Å². The number of hydrogen-bond donors (Lipinski definition) is 1. The number of hydrogen-bond acceptors (Lipinski definition) is 5. The molecule has 23 heavy (non-hydrogen) atoms. The van der Waals surface area contributed by atoms with E-state index in [1.54, 1.807) is 18.4 Å². The summed E-state index contributed by atoms with van der Waals surface area (Å²) in [5, 5.41) is 2.92. The lowest BCUT2D eigenvalue weighted by molar-refractivity contribution is -0.118. The van der Waals surface area contributed by atoms with Crippen molar-refractivity contribution in [3.05, 3.63) is 54.1 Å². The van der Waals surface area contributed by atoms with Gasteiger partial charge in [-0.15, -0.1) is 11.3 Å². The summed E-state index contributed by atoms with van der Waals surface area (Å²) in [7, 11) is 1.63. The first-order chi connectivity index (χ1) is 11.2. The van der Waals surface area contributed by atoms with Crippen molar-refractivity contribution in [2.75, 3.05) is 12.9 Å². The zero-order valence-electron chi connectivity index (χ0n) is 12.6. The number of nitrogens with zero attached hydrogens (tertiary/aromatic N) is 1. The van der Waals surface area contributed by atoms with Gasteiger partial charge in [0.15, 0.2) is 4.34 Å². The average molecular weight is 344 g/mol. The molecule has 0 aliphatic heterocycles. The minimum absolute atomic E-state index is 0.00271. The van der Waals surface area contributed by atoms with Gasteiger partial charge in [-0.1, -0.05) is 36.0 Å². The average Bonchev–Trinajstić information content (AvgIpc) is 3.01. The molecule has 0 bridgehead atoms. The first kappa shape index (κ1) is 15.8. The maximum atomic E-state index is 12.0. The molecule has 1 heterocycles. The fourth-order valence-electron chi connectivity index (χ4n) is 2.07. The maximum Gasteiger partial charge on any atom is 0.230 e. The van der Waals surface area contributed by atoms with Crippen LogP contribution in [0.25, 0.3) is 10.2 Å². The standard InChI is InChI=1S/C17H16N2O2S2/c1-21-13-6-4-5-12(9-13)10-18-16(20)11-22-17-19-14-7-2-3-8-15(14)23-17/h2-9H,10-11H2,1H3,(H,18,20). The van der Waals surface area contributed by atoms with E-state index in [0.29, 0.717) is 12.3 Å². The molecule has 0 atom stereocenters. The molecular weight excluding hydrogens is 328 g/mol. The van der Waals surface area contributed by atoms with Crippen LogP contribution < -0.4 is 10.1 Å². The molecule has 1 N–H and O–H groups in total. The summed E-state index contributed by atoms with van der Waals surface area (Å²) >= 11 is 3.08. The second-order valence-corrected chi connectivity index (χ2v) is 7.12. The van der Waals surface area contributed by atoms with Crippen molar-refractivity contribution in [1.29, 1.82) is 0 Å². The van der Waals surface area contributed by atoms with Crippen LogP contribution in [0.15, 0.2) is 52.9 Å². The number of aromatic nitrogens is 1. The van der Waals surface area contributed by atoms with Gasteiger partial charge < -0.3 is 10.1 Å². The third-order valence-corrected chi connectivity index (χ3v) is 5.40. The van der Waals surface area contributed by atoms with Crippen molar-refractivity contribution in [3.63, 3.8) is 0 Å². The lowest BCUT2D eigenvalue weighted by atomic mass is 10.2. The first-order valence-corrected chi connectivity index (χ1v) is 8.93. The number of para-hydroxylation sites is 1. The fraction of sp³-hybridized carbons (Fsp3) is 0.176. The van der Waals surface area contributed by atoms with Crippen LogP contribution in [0.2, 0.25) is 0 Å². The normalized spacial score (nSPS) is 10.7. The molecule has 0 saturated carbocycles. The summed E-state index contributed by atoms with van der Waals surface area (Å²) < 4.78 is 7.24. The Hall–Kier alpha value is -2.05. The minimum Gasteiger partial charge on any atom is -0.497 e. The molecule has 6 heteroatoms. The summed E-state index contributed by atoms with van der Waals surface area (Å²) in [5.74, 6) is 1.15. The minimum atomic E-state index is -0.00271. The van der Waals surface area contributed by atoms with Crippen LogP contribution in [0.1, 0.15) is 5.56 Å². The lowest BCUT2D eigenvalue weighted by Gasteiger charge is -2.06. The Kier molecular flexibility index (Phi) is 5.15. The molecular formula is C17H16N2O2S2. The highest BCUT2D eigenvalue weighted by molar-refractivity contribution is 8.01. The maximum absolute atomic E-state index is 12.0. The zero-order valence-corrected chi connectivity index (χ0v) is 14.2. The van der Waals surface area contributed by atoms with E-state index >= 15 is 0 Å². The van der Waals surface area contributed by atoms with Gasteiger partial charge in [0.2, 0.25) is 5.91 Å². The zero-order chi connectivity index (χ0) is 16.1. The fourth-order valence-corrected chi connectivity index (χ4v) is 3.97. The Morgan fingerprint density at radius 2 is 2.13 bits per heavy atom. The molecule has 2 aromatic carbocycles. The number of carbonyl (C=O) groups is 1. The van der Waals surface area contributed by atoms with Crippen LogP contribution in [-0.4, -0.2) is 23.8 Å². The van der Waals surface area contributed by atoms with E-state index < -0.39 is 0 Å². The van der Waals surface area contributed by atoms with Crippen LogP contribution in [-0.2, 0) is 11.3 Å². The smallest absolute Gasteiger partial charge is 0.230 e. The number of rotatable bonds is 6. The third-order valence-electron chi connectivity index (χ3n) is 3.22. The third kappa shape index (κ3) is 4.24. The Morgan fingerprint density at radius 1 is 1.26 bits per heavy atom. The first-order valence-electron chi connectivity index (χ1n) is 7.12. The summed E-state index contributed by atoms with van der Waals surface area (Å²) in [6.07, 6.45) is 0. The second kappa shape index (κ2) is 7.48. The van der Waals surface area contributed by atoms with E-state index in [9.17, 15) is 4.79 Å².